The Morgan fingerprint density at radius 1 is 1.52 bits per heavy atom. The second kappa shape index (κ2) is 6.53. The minimum Gasteiger partial charge on any atom is -0.376 e. The summed E-state index contributed by atoms with van der Waals surface area (Å²) in [5.74, 6) is 0.0194. The Bertz CT molecular complexity index is 477. The van der Waals surface area contributed by atoms with Gasteiger partial charge >= 0.3 is 0 Å². The smallest absolute Gasteiger partial charge is 0.291 e. The zero-order valence-corrected chi connectivity index (χ0v) is 12.4. The van der Waals surface area contributed by atoms with Gasteiger partial charge in [-0.15, -0.1) is 5.10 Å². The average molecular weight is 293 g/mol. The maximum Gasteiger partial charge on any atom is 0.291 e. The molecule has 3 unspecified atom stereocenters. The van der Waals surface area contributed by atoms with Crippen molar-refractivity contribution in [3.8, 4) is 0 Å². The number of hydrogen-bond donors (Lipinski definition) is 2. The lowest BCUT2D eigenvalue weighted by atomic mass is 10.1. The molecule has 1 aromatic heterocycles. The highest BCUT2D eigenvalue weighted by molar-refractivity contribution is 5.90. The molecule has 0 aliphatic carbocycles. The number of nitrogens with zero attached hydrogens (tertiary/aromatic N) is 3. The SMILES string of the molecule is CC(NC(=O)c1ncn(C2CCCNC2)n1)C1CCCO1. The van der Waals surface area contributed by atoms with Gasteiger partial charge in [-0.1, -0.05) is 0 Å². The third-order valence-electron chi connectivity index (χ3n) is 4.24. The van der Waals surface area contributed by atoms with Crippen LogP contribution in [0.2, 0.25) is 0 Å². The lowest BCUT2D eigenvalue weighted by molar-refractivity contribution is 0.0706. The van der Waals surface area contributed by atoms with Gasteiger partial charge in [0.25, 0.3) is 5.91 Å². The molecule has 2 aliphatic rings. The fourth-order valence-corrected chi connectivity index (χ4v) is 2.98. The molecule has 21 heavy (non-hydrogen) atoms. The second-order valence-electron chi connectivity index (χ2n) is 5.86. The van der Waals surface area contributed by atoms with Gasteiger partial charge in [-0.05, 0) is 39.2 Å². The van der Waals surface area contributed by atoms with Gasteiger partial charge in [0.2, 0.25) is 5.82 Å². The van der Waals surface area contributed by atoms with Crippen LogP contribution >= 0.6 is 0 Å². The first-order chi connectivity index (χ1) is 10.2. The fraction of sp³-hybridized carbons (Fsp3) is 0.786. The first kappa shape index (κ1) is 14.5. The number of hydrogen-bond acceptors (Lipinski definition) is 5. The lowest BCUT2D eigenvalue weighted by Crippen LogP contribution is -2.41. The van der Waals surface area contributed by atoms with E-state index in [1.165, 1.54) is 0 Å². The summed E-state index contributed by atoms with van der Waals surface area (Å²) in [5.41, 5.74) is 0. The quantitative estimate of drug-likeness (QED) is 0.845. The van der Waals surface area contributed by atoms with Gasteiger partial charge in [0.15, 0.2) is 0 Å². The molecule has 0 saturated carbocycles. The molecular formula is C14H23N5O2. The molecule has 2 N–H and O–H groups in total. The van der Waals surface area contributed by atoms with Gasteiger partial charge in [0.1, 0.15) is 6.33 Å². The Morgan fingerprint density at radius 2 is 2.43 bits per heavy atom. The van der Waals surface area contributed by atoms with Crippen LogP contribution in [0.3, 0.4) is 0 Å². The molecule has 7 heteroatoms. The molecule has 0 bridgehead atoms. The van der Waals surface area contributed by atoms with Crippen LogP contribution in [0, 0.1) is 0 Å². The van der Waals surface area contributed by atoms with Crippen LogP contribution in [0.25, 0.3) is 0 Å². The normalized spacial score (nSPS) is 27.5. The van der Waals surface area contributed by atoms with E-state index in [1.54, 1.807) is 11.0 Å². The number of carbonyl (C=O) groups excluding carboxylic acids is 1. The van der Waals surface area contributed by atoms with Gasteiger partial charge in [-0.2, -0.15) is 0 Å². The number of ether oxygens (including phenoxy) is 1. The Labute approximate surface area is 124 Å². The molecule has 116 valence electrons. The minimum absolute atomic E-state index is 0.0108. The van der Waals surface area contributed by atoms with Crippen molar-refractivity contribution >= 4 is 5.91 Å². The summed E-state index contributed by atoms with van der Waals surface area (Å²) in [6.07, 6.45) is 6.03. The van der Waals surface area contributed by atoms with Crippen molar-refractivity contribution in [1.29, 1.82) is 0 Å². The van der Waals surface area contributed by atoms with Crippen LogP contribution in [0.15, 0.2) is 6.33 Å². The zero-order valence-electron chi connectivity index (χ0n) is 12.4. The molecular weight excluding hydrogens is 270 g/mol. The fourth-order valence-electron chi connectivity index (χ4n) is 2.98. The molecule has 1 amide bonds. The van der Waals surface area contributed by atoms with E-state index < -0.39 is 0 Å². The third-order valence-corrected chi connectivity index (χ3v) is 4.24. The Hall–Kier alpha value is -1.47. The monoisotopic (exact) mass is 293 g/mol. The maximum absolute atomic E-state index is 12.2. The third kappa shape index (κ3) is 3.41. The standard InChI is InChI=1S/C14H23N5O2/c1-10(12-5-3-7-21-12)17-14(20)13-16-9-19(18-13)11-4-2-6-15-8-11/h9-12,15H,2-8H2,1H3,(H,17,20). The molecule has 3 heterocycles. The number of rotatable bonds is 4. The van der Waals surface area contributed by atoms with Gasteiger partial charge < -0.3 is 15.4 Å². The largest absolute Gasteiger partial charge is 0.376 e. The molecule has 3 atom stereocenters. The number of amides is 1. The van der Waals surface area contributed by atoms with Crippen LogP contribution in [0.5, 0.6) is 0 Å². The Morgan fingerprint density at radius 3 is 3.14 bits per heavy atom. The predicted octanol–water partition coefficient (Wildman–Crippen LogP) is 0.500. The van der Waals surface area contributed by atoms with Crippen molar-refractivity contribution < 1.29 is 9.53 Å². The predicted molar refractivity (Wildman–Crippen MR) is 77.1 cm³/mol. The summed E-state index contributed by atoms with van der Waals surface area (Å²) >= 11 is 0. The van der Waals surface area contributed by atoms with E-state index in [2.05, 4.69) is 20.7 Å². The van der Waals surface area contributed by atoms with Crippen molar-refractivity contribution in [2.24, 2.45) is 0 Å². The second-order valence-corrected chi connectivity index (χ2v) is 5.86. The molecule has 2 aliphatic heterocycles. The summed E-state index contributed by atoms with van der Waals surface area (Å²) < 4.78 is 7.39. The molecule has 0 radical (unpaired) electrons. The van der Waals surface area contributed by atoms with Crippen molar-refractivity contribution in [3.63, 3.8) is 0 Å². The van der Waals surface area contributed by atoms with E-state index in [4.69, 9.17) is 4.74 Å². The van der Waals surface area contributed by atoms with E-state index in [-0.39, 0.29) is 23.9 Å². The van der Waals surface area contributed by atoms with E-state index in [0.717, 1.165) is 45.4 Å². The molecule has 2 saturated heterocycles. The molecule has 1 aromatic rings. The van der Waals surface area contributed by atoms with Crippen molar-refractivity contribution in [2.75, 3.05) is 19.7 Å². The summed E-state index contributed by atoms with van der Waals surface area (Å²) in [4.78, 5) is 16.3. The first-order valence-corrected chi connectivity index (χ1v) is 7.78. The van der Waals surface area contributed by atoms with Crippen LogP contribution in [-0.2, 0) is 4.74 Å². The van der Waals surface area contributed by atoms with Gasteiger partial charge in [-0.25, -0.2) is 9.67 Å². The van der Waals surface area contributed by atoms with Gasteiger partial charge in [0.05, 0.1) is 18.2 Å². The molecule has 0 aromatic carbocycles. The topological polar surface area (TPSA) is 81.1 Å². The van der Waals surface area contributed by atoms with Gasteiger partial charge in [-0.3, -0.25) is 4.79 Å². The number of piperidine rings is 1. The highest BCUT2D eigenvalue weighted by Gasteiger charge is 2.25. The van der Waals surface area contributed by atoms with E-state index in [9.17, 15) is 4.79 Å². The van der Waals surface area contributed by atoms with Crippen LogP contribution in [0.1, 0.15) is 49.3 Å². The van der Waals surface area contributed by atoms with Gasteiger partial charge in [0, 0.05) is 13.2 Å². The average Bonchev–Trinajstić information content (AvgIpc) is 3.20. The summed E-state index contributed by atoms with van der Waals surface area (Å²) in [6, 6.07) is 0.284. The van der Waals surface area contributed by atoms with Crippen molar-refractivity contribution in [3.05, 3.63) is 12.2 Å². The lowest BCUT2D eigenvalue weighted by Gasteiger charge is -2.22. The summed E-state index contributed by atoms with van der Waals surface area (Å²) in [6.45, 7) is 4.69. The Balaban J connectivity index is 1.58. The van der Waals surface area contributed by atoms with E-state index in [1.807, 2.05) is 6.92 Å². The number of aromatic nitrogens is 3. The van der Waals surface area contributed by atoms with Crippen LogP contribution < -0.4 is 10.6 Å². The minimum atomic E-state index is -0.222. The maximum atomic E-state index is 12.2. The summed E-state index contributed by atoms with van der Waals surface area (Å²) in [5, 5.41) is 10.6. The van der Waals surface area contributed by atoms with Crippen LogP contribution in [-0.4, -0.2) is 52.5 Å². The molecule has 2 fully saturated rings. The number of carbonyl (C=O) groups is 1. The van der Waals surface area contributed by atoms with E-state index >= 15 is 0 Å². The highest BCUT2D eigenvalue weighted by atomic mass is 16.5. The summed E-state index contributed by atoms with van der Waals surface area (Å²) in [7, 11) is 0. The molecule has 7 nitrogen and oxygen atoms in total. The van der Waals surface area contributed by atoms with E-state index in [0.29, 0.717) is 6.04 Å². The number of nitrogens with one attached hydrogen (secondary N) is 2. The molecule has 0 spiro atoms. The highest BCUT2D eigenvalue weighted by Crippen LogP contribution is 2.16. The Kier molecular flexibility index (Phi) is 4.50. The van der Waals surface area contributed by atoms with Crippen molar-refractivity contribution in [1.82, 2.24) is 25.4 Å². The zero-order chi connectivity index (χ0) is 14.7. The van der Waals surface area contributed by atoms with Crippen LogP contribution in [0.4, 0.5) is 0 Å². The first-order valence-electron chi connectivity index (χ1n) is 7.78. The molecule has 3 rings (SSSR count). The van der Waals surface area contributed by atoms with Crippen molar-refractivity contribution in [2.45, 2.75) is 50.8 Å².